The molecule has 0 radical (unpaired) electrons. The van der Waals surface area contributed by atoms with E-state index in [9.17, 15) is 0 Å². The zero-order valence-corrected chi connectivity index (χ0v) is 17.5. The first-order valence-corrected chi connectivity index (χ1v) is 9.84. The van der Waals surface area contributed by atoms with Gasteiger partial charge in [0, 0.05) is 30.2 Å². The second kappa shape index (κ2) is 7.46. The van der Waals surface area contributed by atoms with Gasteiger partial charge < -0.3 is 29.4 Å². The summed E-state index contributed by atoms with van der Waals surface area (Å²) in [5.41, 5.74) is 8.41. The van der Waals surface area contributed by atoms with Crippen LogP contribution in [0, 0.1) is 0 Å². The van der Waals surface area contributed by atoms with E-state index in [1.54, 1.807) is 27.4 Å². The molecule has 0 bridgehead atoms. The van der Waals surface area contributed by atoms with Gasteiger partial charge in [0.1, 0.15) is 5.75 Å². The maximum absolute atomic E-state index is 6.10. The third-order valence-corrected chi connectivity index (χ3v) is 5.32. The number of nitrogens with zero attached hydrogens (tertiary/aromatic N) is 3. The fourth-order valence-corrected chi connectivity index (χ4v) is 3.89. The molecule has 3 heterocycles. The summed E-state index contributed by atoms with van der Waals surface area (Å²) in [6.45, 7) is 1.20. The topological polar surface area (TPSA) is 114 Å². The van der Waals surface area contributed by atoms with Crippen LogP contribution in [0.2, 0.25) is 0 Å². The quantitative estimate of drug-likeness (QED) is 0.655. The molecule has 0 fully saturated rings. The average Bonchev–Trinajstić information content (AvgIpc) is 2.97. The van der Waals surface area contributed by atoms with Gasteiger partial charge in [-0.15, -0.1) is 0 Å². The number of fused-ring (bicyclic) bond motifs is 4. The van der Waals surface area contributed by atoms with Gasteiger partial charge in [0.25, 0.3) is 0 Å². The van der Waals surface area contributed by atoms with Gasteiger partial charge in [-0.25, -0.2) is 9.98 Å². The molecule has 3 aromatic rings. The SMILES string of the molecule is COc1cc(OC)c(C2N=C(N)Nc3nc4cc5c(cc4n32)OCCCO5)cc1OC. The molecule has 0 saturated heterocycles. The summed E-state index contributed by atoms with van der Waals surface area (Å²) in [5, 5.41) is 3.04. The van der Waals surface area contributed by atoms with Crippen LogP contribution in [0.1, 0.15) is 18.2 Å². The number of nitrogens with two attached hydrogens (primary N) is 1. The predicted octanol–water partition coefficient (Wildman–Crippen LogP) is 2.51. The third kappa shape index (κ3) is 3.11. The molecule has 0 amide bonds. The number of guanidine groups is 1. The molecule has 1 unspecified atom stereocenters. The van der Waals surface area contributed by atoms with Crippen LogP contribution < -0.4 is 34.7 Å². The van der Waals surface area contributed by atoms with Crippen molar-refractivity contribution in [3.8, 4) is 28.7 Å². The first-order chi connectivity index (χ1) is 15.1. The smallest absolute Gasteiger partial charge is 0.212 e. The Bertz CT molecular complexity index is 1190. The lowest BCUT2D eigenvalue weighted by Gasteiger charge is -2.26. The zero-order chi connectivity index (χ0) is 21.5. The Morgan fingerprint density at radius 3 is 2.35 bits per heavy atom. The highest BCUT2D eigenvalue weighted by molar-refractivity contribution is 5.95. The second-order valence-corrected chi connectivity index (χ2v) is 7.11. The highest BCUT2D eigenvalue weighted by atomic mass is 16.5. The van der Waals surface area contributed by atoms with Crippen LogP contribution in [0.4, 0.5) is 5.95 Å². The van der Waals surface area contributed by atoms with Gasteiger partial charge in [0.15, 0.2) is 35.1 Å². The van der Waals surface area contributed by atoms with E-state index in [1.807, 2.05) is 22.8 Å². The van der Waals surface area contributed by atoms with E-state index in [0.29, 0.717) is 47.9 Å². The van der Waals surface area contributed by atoms with Crippen molar-refractivity contribution >= 4 is 22.9 Å². The maximum Gasteiger partial charge on any atom is 0.212 e. The average molecular weight is 425 g/mol. The number of aliphatic imine (C=N–C) groups is 1. The molecular formula is C21H23N5O5. The number of hydrogen-bond donors (Lipinski definition) is 2. The number of anilines is 1. The number of nitrogens with one attached hydrogen (secondary N) is 1. The fraction of sp³-hybridized carbons (Fsp3) is 0.333. The molecule has 10 nitrogen and oxygen atoms in total. The molecule has 162 valence electrons. The number of imidazole rings is 1. The summed E-state index contributed by atoms with van der Waals surface area (Å²) in [6, 6.07) is 7.40. The number of ether oxygens (including phenoxy) is 5. The monoisotopic (exact) mass is 425 g/mol. The van der Waals surface area contributed by atoms with Crippen LogP contribution in [-0.4, -0.2) is 50.1 Å². The molecule has 31 heavy (non-hydrogen) atoms. The summed E-state index contributed by atoms with van der Waals surface area (Å²) >= 11 is 0. The van der Waals surface area contributed by atoms with E-state index in [-0.39, 0.29) is 5.96 Å². The largest absolute Gasteiger partial charge is 0.496 e. The molecule has 10 heteroatoms. The normalized spacial score (nSPS) is 17.3. The number of aromatic nitrogens is 2. The van der Waals surface area contributed by atoms with Gasteiger partial charge in [-0.2, -0.15) is 0 Å². The Morgan fingerprint density at radius 1 is 0.968 bits per heavy atom. The number of benzene rings is 2. The molecule has 1 aromatic heterocycles. The molecule has 2 aromatic carbocycles. The standard InChI is InChI=1S/C21H23N5O5/c1-27-14-10-16(29-3)15(28-2)7-11(14)19-24-20(22)25-21-23-12-8-17-18(9-13(12)26(19)21)31-6-4-5-30-17/h7-10,19H,4-6H2,1-3H3,(H3,22,23,24,25). The Kier molecular flexibility index (Phi) is 4.61. The predicted molar refractivity (Wildman–Crippen MR) is 115 cm³/mol. The molecule has 2 aliphatic heterocycles. The first-order valence-electron chi connectivity index (χ1n) is 9.84. The summed E-state index contributed by atoms with van der Waals surface area (Å²) in [5.74, 6) is 3.86. The molecule has 0 saturated carbocycles. The van der Waals surface area contributed by atoms with E-state index in [2.05, 4.69) is 10.3 Å². The molecule has 3 N–H and O–H groups in total. The highest BCUT2D eigenvalue weighted by Crippen LogP contribution is 2.43. The van der Waals surface area contributed by atoms with E-state index >= 15 is 0 Å². The van der Waals surface area contributed by atoms with Crippen molar-refractivity contribution in [2.24, 2.45) is 10.7 Å². The maximum atomic E-state index is 6.10. The van der Waals surface area contributed by atoms with Gasteiger partial charge in [-0.1, -0.05) is 0 Å². The fourth-order valence-electron chi connectivity index (χ4n) is 3.89. The lowest BCUT2D eigenvalue weighted by atomic mass is 10.1. The molecule has 0 spiro atoms. The summed E-state index contributed by atoms with van der Waals surface area (Å²) in [7, 11) is 4.75. The first kappa shape index (κ1) is 19.2. The second-order valence-electron chi connectivity index (χ2n) is 7.11. The van der Waals surface area contributed by atoms with Crippen molar-refractivity contribution in [3.05, 3.63) is 29.8 Å². The molecule has 2 aliphatic rings. The van der Waals surface area contributed by atoms with E-state index in [0.717, 1.165) is 23.0 Å². The zero-order valence-electron chi connectivity index (χ0n) is 17.5. The molecule has 5 rings (SSSR count). The van der Waals surface area contributed by atoms with Crippen LogP contribution in [0.5, 0.6) is 28.7 Å². The lowest BCUT2D eigenvalue weighted by molar-refractivity contribution is 0.297. The Labute approximate surface area is 178 Å². The van der Waals surface area contributed by atoms with Crippen molar-refractivity contribution in [2.45, 2.75) is 12.6 Å². The number of methoxy groups -OCH3 is 3. The summed E-state index contributed by atoms with van der Waals surface area (Å²) in [4.78, 5) is 9.35. The van der Waals surface area contributed by atoms with Crippen LogP contribution in [0.25, 0.3) is 11.0 Å². The third-order valence-electron chi connectivity index (χ3n) is 5.32. The Morgan fingerprint density at radius 2 is 1.65 bits per heavy atom. The summed E-state index contributed by atoms with van der Waals surface area (Å²) in [6.07, 6.45) is 0.284. The van der Waals surface area contributed by atoms with Gasteiger partial charge in [0.05, 0.1) is 45.6 Å². The van der Waals surface area contributed by atoms with Gasteiger partial charge in [-0.05, 0) is 6.07 Å². The minimum absolute atomic E-state index is 0.249. The minimum atomic E-state index is -0.541. The van der Waals surface area contributed by atoms with Crippen molar-refractivity contribution in [3.63, 3.8) is 0 Å². The molecule has 1 atom stereocenters. The van der Waals surface area contributed by atoms with Crippen LogP contribution >= 0.6 is 0 Å². The number of rotatable bonds is 4. The van der Waals surface area contributed by atoms with Crippen molar-refractivity contribution in [1.29, 1.82) is 0 Å². The van der Waals surface area contributed by atoms with E-state index in [4.69, 9.17) is 34.4 Å². The van der Waals surface area contributed by atoms with Gasteiger partial charge >= 0.3 is 0 Å². The Hall–Kier alpha value is -3.82. The molecule has 0 aliphatic carbocycles. The van der Waals surface area contributed by atoms with Crippen molar-refractivity contribution in [1.82, 2.24) is 9.55 Å². The van der Waals surface area contributed by atoms with Gasteiger partial charge in [0.2, 0.25) is 5.95 Å². The highest BCUT2D eigenvalue weighted by Gasteiger charge is 2.30. The Balaban J connectivity index is 1.72. The lowest BCUT2D eigenvalue weighted by Crippen LogP contribution is -2.31. The van der Waals surface area contributed by atoms with E-state index < -0.39 is 6.17 Å². The molecular weight excluding hydrogens is 402 g/mol. The summed E-state index contributed by atoms with van der Waals surface area (Å²) < 4.78 is 30.2. The van der Waals surface area contributed by atoms with E-state index in [1.165, 1.54) is 0 Å². The van der Waals surface area contributed by atoms with Crippen molar-refractivity contribution in [2.75, 3.05) is 39.9 Å². The van der Waals surface area contributed by atoms with Crippen LogP contribution in [0.3, 0.4) is 0 Å². The van der Waals surface area contributed by atoms with Crippen LogP contribution in [0.15, 0.2) is 29.3 Å². The number of hydrogen-bond acceptors (Lipinski definition) is 9. The van der Waals surface area contributed by atoms with Gasteiger partial charge in [-0.3, -0.25) is 9.88 Å². The van der Waals surface area contributed by atoms with Crippen molar-refractivity contribution < 1.29 is 23.7 Å². The minimum Gasteiger partial charge on any atom is -0.496 e. The van der Waals surface area contributed by atoms with Crippen LogP contribution in [-0.2, 0) is 0 Å².